The van der Waals surface area contributed by atoms with Crippen LogP contribution < -0.4 is 11.1 Å². The minimum Gasteiger partial charge on any atom is -0.366 e. The number of rotatable bonds is 7. The Morgan fingerprint density at radius 1 is 1.04 bits per heavy atom. The number of halogens is 2. The fourth-order valence-corrected chi connectivity index (χ4v) is 4.71. The Balaban J connectivity index is 2.38. The van der Waals surface area contributed by atoms with Gasteiger partial charge in [-0.1, -0.05) is 37.0 Å². The molecule has 10 heteroatoms. The summed E-state index contributed by atoms with van der Waals surface area (Å²) in [7, 11) is -3.84. The second kappa shape index (κ2) is 8.91. The minimum atomic E-state index is -3.84. The van der Waals surface area contributed by atoms with E-state index in [1.807, 2.05) is 0 Å². The van der Waals surface area contributed by atoms with Crippen LogP contribution in [-0.2, 0) is 10.0 Å². The van der Waals surface area contributed by atoms with Crippen molar-refractivity contribution in [1.29, 1.82) is 0 Å². The van der Waals surface area contributed by atoms with E-state index in [4.69, 9.17) is 28.9 Å². The number of hydrogen-bond donors (Lipinski definition) is 2. The number of carbonyl (C=O) groups is 2. The zero-order valence-corrected chi connectivity index (χ0v) is 17.5. The lowest BCUT2D eigenvalue weighted by Crippen LogP contribution is -2.31. The summed E-state index contributed by atoms with van der Waals surface area (Å²) in [5.41, 5.74) is 5.67. The lowest BCUT2D eigenvalue weighted by molar-refractivity contribution is 0.0996. The second-order valence-electron chi connectivity index (χ2n) is 5.75. The number of sulfonamides is 1. The van der Waals surface area contributed by atoms with Gasteiger partial charge in [-0.25, -0.2) is 8.42 Å². The molecule has 0 radical (unpaired) electrons. The summed E-state index contributed by atoms with van der Waals surface area (Å²) < 4.78 is 26.7. The van der Waals surface area contributed by atoms with Crippen molar-refractivity contribution < 1.29 is 18.0 Å². The van der Waals surface area contributed by atoms with Gasteiger partial charge in [-0.05, 0) is 36.4 Å². The summed E-state index contributed by atoms with van der Waals surface area (Å²) in [5, 5.41) is 2.76. The number of nitrogens with one attached hydrogen (secondary N) is 1. The van der Waals surface area contributed by atoms with Crippen LogP contribution in [0.2, 0.25) is 10.0 Å². The van der Waals surface area contributed by atoms with Gasteiger partial charge in [0.1, 0.15) is 4.90 Å². The lowest BCUT2D eigenvalue weighted by atomic mass is 10.1. The van der Waals surface area contributed by atoms with Crippen LogP contribution in [-0.4, -0.2) is 37.6 Å². The maximum atomic E-state index is 12.7. The zero-order chi connectivity index (χ0) is 21.1. The van der Waals surface area contributed by atoms with E-state index in [-0.39, 0.29) is 44.8 Å². The molecule has 0 fully saturated rings. The summed E-state index contributed by atoms with van der Waals surface area (Å²) in [5.74, 6) is -1.31. The zero-order valence-electron chi connectivity index (χ0n) is 15.2. The molecule has 0 saturated heterocycles. The summed E-state index contributed by atoms with van der Waals surface area (Å²) in [6.07, 6.45) is 0. The molecule has 2 amide bonds. The largest absolute Gasteiger partial charge is 0.366 e. The van der Waals surface area contributed by atoms with Gasteiger partial charge in [0, 0.05) is 24.3 Å². The van der Waals surface area contributed by atoms with Gasteiger partial charge in [-0.15, -0.1) is 0 Å². The van der Waals surface area contributed by atoms with Gasteiger partial charge < -0.3 is 11.1 Å². The number of amides is 2. The Hall–Kier alpha value is -2.13. The fraction of sp³-hybridized carbons (Fsp3) is 0.222. The van der Waals surface area contributed by atoms with Crippen LogP contribution in [0.1, 0.15) is 34.6 Å². The summed E-state index contributed by atoms with van der Waals surface area (Å²) in [4.78, 5) is 23.8. The average Bonchev–Trinajstić information content (AvgIpc) is 2.64. The minimum absolute atomic E-state index is 0.0194. The smallest absolute Gasteiger partial charge is 0.255 e. The molecule has 0 saturated carbocycles. The predicted molar refractivity (Wildman–Crippen MR) is 109 cm³/mol. The van der Waals surface area contributed by atoms with E-state index in [9.17, 15) is 18.0 Å². The van der Waals surface area contributed by atoms with Crippen molar-refractivity contribution in [3.63, 3.8) is 0 Å². The highest BCUT2D eigenvalue weighted by molar-refractivity contribution is 7.89. The molecule has 3 N–H and O–H groups in total. The number of anilines is 1. The number of nitrogens with two attached hydrogens (primary N) is 1. The molecule has 0 spiro atoms. The third kappa shape index (κ3) is 4.64. The summed E-state index contributed by atoms with van der Waals surface area (Å²) in [6.45, 7) is 3.96. The van der Waals surface area contributed by atoms with Crippen molar-refractivity contribution in [3.05, 3.63) is 57.6 Å². The van der Waals surface area contributed by atoms with Crippen molar-refractivity contribution in [1.82, 2.24) is 4.31 Å². The summed E-state index contributed by atoms with van der Waals surface area (Å²) >= 11 is 12.0. The number of hydrogen-bond acceptors (Lipinski definition) is 4. The van der Waals surface area contributed by atoms with Crippen LogP contribution in [0.5, 0.6) is 0 Å². The van der Waals surface area contributed by atoms with Crippen molar-refractivity contribution >= 4 is 50.7 Å². The SMILES string of the molecule is CCN(CC)S(=O)(=O)c1cc(C(=O)Nc2ccc(Cl)c(C(N)=O)c2)ccc1Cl. The van der Waals surface area contributed by atoms with E-state index < -0.39 is 21.8 Å². The highest BCUT2D eigenvalue weighted by Crippen LogP contribution is 2.27. The van der Waals surface area contributed by atoms with Crippen LogP contribution >= 0.6 is 23.2 Å². The van der Waals surface area contributed by atoms with Crippen molar-refractivity contribution in [2.24, 2.45) is 5.73 Å². The van der Waals surface area contributed by atoms with E-state index in [0.29, 0.717) is 0 Å². The maximum absolute atomic E-state index is 12.7. The molecule has 0 unspecified atom stereocenters. The van der Waals surface area contributed by atoms with Crippen molar-refractivity contribution in [3.8, 4) is 0 Å². The van der Waals surface area contributed by atoms with E-state index >= 15 is 0 Å². The van der Waals surface area contributed by atoms with Crippen LogP contribution in [0.4, 0.5) is 5.69 Å². The van der Waals surface area contributed by atoms with Crippen LogP contribution in [0, 0.1) is 0 Å². The highest BCUT2D eigenvalue weighted by Gasteiger charge is 2.25. The fourth-order valence-electron chi connectivity index (χ4n) is 2.54. The molecule has 2 aromatic rings. The predicted octanol–water partition coefficient (Wildman–Crippen LogP) is 3.38. The molecule has 0 atom stereocenters. The molecule has 28 heavy (non-hydrogen) atoms. The van der Waals surface area contributed by atoms with Crippen molar-refractivity contribution in [2.45, 2.75) is 18.7 Å². The van der Waals surface area contributed by atoms with Crippen LogP contribution in [0.3, 0.4) is 0 Å². The Labute approximate surface area is 173 Å². The number of benzene rings is 2. The van der Waals surface area contributed by atoms with Gasteiger partial charge in [0.25, 0.3) is 5.91 Å². The molecule has 2 rings (SSSR count). The Kier molecular flexibility index (Phi) is 7.06. The quantitative estimate of drug-likeness (QED) is 0.682. The molecule has 150 valence electrons. The standard InChI is InChI=1S/C18H19Cl2N3O4S/c1-3-23(4-2)28(26,27)16-9-11(5-7-15(16)20)18(25)22-12-6-8-14(19)13(10-12)17(21)24/h5-10H,3-4H2,1-2H3,(H2,21,24)(H,22,25). The van der Waals surface area contributed by atoms with Gasteiger partial charge >= 0.3 is 0 Å². The monoisotopic (exact) mass is 443 g/mol. The first-order valence-electron chi connectivity index (χ1n) is 8.32. The lowest BCUT2D eigenvalue weighted by Gasteiger charge is -2.19. The van der Waals surface area contributed by atoms with Crippen LogP contribution in [0.25, 0.3) is 0 Å². The van der Waals surface area contributed by atoms with Gasteiger partial charge in [-0.2, -0.15) is 4.31 Å². The first-order valence-corrected chi connectivity index (χ1v) is 10.5. The molecule has 0 heterocycles. The average molecular weight is 444 g/mol. The van der Waals surface area contributed by atoms with Gasteiger partial charge in [-0.3, -0.25) is 9.59 Å². The molecular weight excluding hydrogens is 425 g/mol. The number of nitrogens with zero attached hydrogens (tertiary/aromatic N) is 1. The van der Waals surface area contributed by atoms with E-state index in [1.165, 1.54) is 40.7 Å². The van der Waals surface area contributed by atoms with E-state index in [1.54, 1.807) is 13.8 Å². The molecule has 0 aliphatic rings. The summed E-state index contributed by atoms with van der Waals surface area (Å²) in [6, 6.07) is 8.24. The Bertz CT molecular complexity index is 1020. The first kappa shape index (κ1) is 22.2. The van der Waals surface area contributed by atoms with Gasteiger partial charge in [0.15, 0.2) is 0 Å². The van der Waals surface area contributed by atoms with Crippen molar-refractivity contribution in [2.75, 3.05) is 18.4 Å². The Morgan fingerprint density at radius 2 is 1.64 bits per heavy atom. The molecule has 0 aromatic heterocycles. The molecule has 7 nitrogen and oxygen atoms in total. The normalized spacial score (nSPS) is 11.5. The molecule has 0 bridgehead atoms. The highest BCUT2D eigenvalue weighted by atomic mass is 35.5. The third-order valence-corrected chi connectivity index (χ3v) is 6.87. The van der Waals surface area contributed by atoms with E-state index in [2.05, 4.69) is 5.32 Å². The number of primary amides is 1. The molecule has 0 aliphatic carbocycles. The Morgan fingerprint density at radius 3 is 2.21 bits per heavy atom. The first-order chi connectivity index (χ1) is 13.1. The molecule has 2 aromatic carbocycles. The number of carbonyl (C=O) groups excluding carboxylic acids is 2. The van der Waals surface area contributed by atoms with E-state index in [0.717, 1.165) is 0 Å². The second-order valence-corrected chi connectivity index (χ2v) is 8.47. The van der Waals surface area contributed by atoms with Crippen LogP contribution in [0.15, 0.2) is 41.3 Å². The maximum Gasteiger partial charge on any atom is 0.255 e. The molecular formula is C18H19Cl2N3O4S. The topological polar surface area (TPSA) is 110 Å². The third-order valence-electron chi connectivity index (χ3n) is 4.01. The van der Waals surface area contributed by atoms with Gasteiger partial charge in [0.05, 0.1) is 15.6 Å². The molecule has 0 aliphatic heterocycles. The van der Waals surface area contributed by atoms with Gasteiger partial charge in [0.2, 0.25) is 15.9 Å².